The number of hydrogen-bond acceptors (Lipinski definition) is 2. The van der Waals surface area contributed by atoms with Crippen molar-refractivity contribution < 1.29 is 4.84 Å². The predicted octanol–water partition coefficient (Wildman–Crippen LogP) is 3.94. The van der Waals surface area contributed by atoms with Gasteiger partial charge in [0, 0.05) is 18.2 Å². The van der Waals surface area contributed by atoms with Gasteiger partial charge >= 0.3 is 0 Å². The first-order chi connectivity index (χ1) is 8.90. The Morgan fingerprint density at radius 1 is 1.17 bits per heavy atom. The summed E-state index contributed by atoms with van der Waals surface area (Å²) in [6.45, 7) is 3.38. The van der Waals surface area contributed by atoms with Crippen LogP contribution in [0.5, 0.6) is 0 Å². The normalized spacial score (nSPS) is 17.3. The van der Waals surface area contributed by atoms with Crippen molar-refractivity contribution in [2.45, 2.75) is 38.2 Å². The zero-order valence-corrected chi connectivity index (χ0v) is 10.6. The van der Waals surface area contributed by atoms with Gasteiger partial charge in [-0.3, -0.25) is 0 Å². The van der Waals surface area contributed by atoms with Gasteiger partial charge in [0.1, 0.15) is 0 Å². The fourth-order valence-electron chi connectivity index (χ4n) is 2.31. The molecular weight excluding hydrogens is 222 g/mol. The van der Waals surface area contributed by atoms with E-state index in [0.29, 0.717) is 5.92 Å². The van der Waals surface area contributed by atoms with Crippen molar-refractivity contribution in [3.63, 3.8) is 0 Å². The second kappa shape index (κ2) is 6.86. The van der Waals surface area contributed by atoms with Crippen LogP contribution in [-0.2, 0) is 4.84 Å². The van der Waals surface area contributed by atoms with Crippen LogP contribution in [0.25, 0.3) is 0 Å². The van der Waals surface area contributed by atoms with E-state index in [1.165, 1.54) is 32.1 Å². The Labute approximate surface area is 109 Å². The van der Waals surface area contributed by atoms with E-state index in [-0.39, 0.29) is 6.10 Å². The van der Waals surface area contributed by atoms with Gasteiger partial charge in [0.2, 0.25) is 6.10 Å². The van der Waals surface area contributed by atoms with Crippen molar-refractivity contribution >= 4 is 6.72 Å². The van der Waals surface area contributed by atoms with Crippen LogP contribution in [0.15, 0.2) is 35.5 Å². The lowest BCUT2D eigenvalue weighted by atomic mass is 9.89. The Bertz CT molecular complexity index is 423. The molecule has 1 fully saturated rings. The van der Waals surface area contributed by atoms with Crippen LogP contribution in [-0.4, -0.2) is 6.72 Å². The molecule has 1 aromatic rings. The predicted molar refractivity (Wildman–Crippen MR) is 74.2 cm³/mol. The molecule has 0 aromatic heterocycles. The van der Waals surface area contributed by atoms with Crippen LogP contribution in [0.4, 0.5) is 0 Å². The van der Waals surface area contributed by atoms with E-state index in [4.69, 9.17) is 4.84 Å². The van der Waals surface area contributed by atoms with E-state index in [1.807, 2.05) is 30.3 Å². The largest absolute Gasteiger partial charge is 0.375 e. The lowest BCUT2D eigenvalue weighted by Gasteiger charge is -2.16. The molecule has 0 N–H and O–H groups in total. The quantitative estimate of drug-likeness (QED) is 0.446. The highest BCUT2D eigenvalue weighted by Gasteiger charge is 2.12. The van der Waals surface area contributed by atoms with Gasteiger partial charge < -0.3 is 4.84 Å². The van der Waals surface area contributed by atoms with Crippen LogP contribution in [0.3, 0.4) is 0 Å². The van der Waals surface area contributed by atoms with Gasteiger partial charge in [-0.15, -0.1) is 5.16 Å². The summed E-state index contributed by atoms with van der Waals surface area (Å²) in [4.78, 5) is 5.26. The molecule has 1 atom stereocenters. The first-order valence-electron chi connectivity index (χ1n) is 6.58. The fourth-order valence-corrected chi connectivity index (χ4v) is 2.31. The van der Waals surface area contributed by atoms with Crippen LogP contribution in [0, 0.1) is 17.8 Å². The van der Waals surface area contributed by atoms with Crippen molar-refractivity contribution in [1.82, 2.24) is 0 Å². The average molecular weight is 241 g/mol. The molecule has 1 unspecified atom stereocenters. The van der Waals surface area contributed by atoms with E-state index in [0.717, 1.165) is 5.56 Å². The summed E-state index contributed by atoms with van der Waals surface area (Å²) in [5.41, 5.74) is 1.04. The third kappa shape index (κ3) is 3.63. The first kappa shape index (κ1) is 12.7. The second-order valence-electron chi connectivity index (χ2n) is 4.65. The summed E-state index contributed by atoms with van der Waals surface area (Å²) in [6.07, 6.45) is 6.11. The maximum Gasteiger partial charge on any atom is 0.212 e. The van der Waals surface area contributed by atoms with Gasteiger partial charge in [-0.05, 0) is 12.8 Å². The molecule has 0 bridgehead atoms. The summed E-state index contributed by atoms with van der Waals surface area (Å²) < 4.78 is 0. The van der Waals surface area contributed by atoms with Gasteiger partial charge in [0.15, 0.2) is 0 Å². The molecule has 0 aliphatic heterocycles. The molecule has 1 aliphatic rings. The Kier molecular flexibility index (Phi) is 4.84. The highest BCUT2D eigenvalue weighted by molar-refractivity contribution is 5.27. The molecular formula is C16H19NO. The third-order valence-corrected chi connectivity index (χ3v) is 3.31. The van der Waals surface area contributed by atoms with Crippen LogP contribution in [0.1, 0.15) is 43.8 Å². The van der Waals surface area contributed by atoms with Gasteiger partial charge in [0.25, 0.3) is 0 Å². The maximum atomic E-state index is 5.26. The van der Waals surface area contributed by atoms with Gasteiger partial charge in [0.05, 0.1) is 0 Å². The summed E-state index contributed by atoms with van der Waals surface area (Å²) in [6, 6.07) is 9.96. The third-order valence-electron chi connectivity index (χ3n) is 3.31. The molecule has 0 saturated heterocycles. The van der Waals surface area contributed by atoms with Crippen molar-refractivity contribution in [2.24, 2.45) is 11.1 Å². The van der Waals surface area contributed by atoms with Gasteiger partial charge in [-0.1, -0.05) is 61.4 Å². The standard InChI is InChI=1S/C16H19NO/c1-17-18-16(15-10-6-3-7-11-15)13-12-14-8-4-2-5-9-14/h3,6-7,10-11,14,16H,1-2,4-5,8-9H2. The number of hydrogen-bond donors (Lipinski definition) is 0. The summed E-state index contributed by atoms with van der Waals surface area (Å²) in [5, 5.41) is 3.52. The fraction of sp³-hybridized carbons (Fsp3) is 0.438. The van der Waals surface area contributed by atoms with E-state index < -0.39 is 0 Å². The number of rotatable bonds is 3. The van der Waals surface area contributed by atoms with Crippen molar-refractivity contribution in [3.05, 3.63) is 35.9 Å². The molecule has 0 heterocycles. The van der Waals surface area contributed by atoms with Crippen molar-refractivity contribution in [3.8, 4) is 11.8 Å². The minimum Gasteiger partial charge on any atom is -0.375 e. The second-order valence-corrected chi connectivity index (χ2v) is 4.65. The summed E-state index contributed by atoms with van der Waals surface area (Å²) in [5.74, 6) is 7.07. The molecule has 18 heavy (non-hydrogen) atoms. The minimum absolute atomic E-state index is 0.286. The minimum atomic E-state index is -0.286. The van der Waals surface area contributed by atoms with Crippen LogP contribution < -0.4 is 0 Å². The number of nitrogens with zero attached hydrogens (tertiary/aromatic N) is 1. The van der Waals surface area contributed by atoms with E-state index >= 15 is 0 Å². The van der Waals surface area contributed by atoms with E-state index in [2.05, 4.69) is 23.7 Å². The Hall–Kier alpha value is -1.75. The highest BCUT2D eigenvalue weighted by Crippen LogP contribution is 2.23. The maximum absolute atomic E-state index is 5.26. The molecule has 1 aromatic carbocycles. The zero-order valence-electron chi connectivity index (χ0n) is 10.6. The van der Waals surface area contributed by atoms with E-state index in [9.17, 15) is 0 Å². The molecule has 0 spiro atoms. The topological polar surface area (TPSA) is 21.6 Å². The Balaban J connectivity index is 2.06. The van der Waals surface area contributed by atoms with Crippen LogP contribution >= 0.6 is 0 Å². The molecule has 0 amide bonds. The SMILES string of the molecule is C=NOC(C#CC1CCCCC1)c1ccccc1. The number of oxime groups is 1. The molecule has 0 radical (unpaired) electrons. The molecule has 94 valence electrons. The Morgan fingerprint density at radius 3 is 2.56 bits per heavy atom. The first-order valence-corrected chi connectivity index (χ1v) is 6.58. The average Bonchev–Trinajstić information content (AvgIpc) is 2.45. The molecule has 2 heteroatoms. The zero-order chi connectivity index (χ0) is 12.6. The summed E-state index contributed by atoms with van der Waals surface area (Å²) >= 11 is 0. The van der Waals surface area contributed by atoms with Crippen molar-refractivity contribution in [1.29, 1.82) is 0 Å². The van der Waals surface area contributed by atoms with Crippen LogP contribution in [0.2, 0.25) is 0 Å². The lowest BCUT2D eigenvalue weighted by molar-refractivity contribution is 0.102. The van der Waals surface area contributed by atoms with Gasteiger partial charge in [-0.2, -0.15) is 0 Å². The molecule has 1 saturated carbocycles. The van der Waals surface area contributed by atoms with Gasteiger partial charge in [-0.25, -0.2) is 0 Å². The molecule has 2 rings (SSSR count). The van der Waals surface area contributed by atoms with Crippen molar-refractivity contribution in [2.75, 3.05) is 0 Å². The molecule has 1 aliphatic carbocycles. The molecule has 2 nitrogen and oxygen atoms in total. The smallest absolute Gasteiger partial charge is 0.212 e. The summed E-state index contributed by atoms with van der Waals surface area (Å²) in [7, 11) is 0. The highest BCUT2D eigenvalue weighted by atomic mass is 16.6. The van der Waals surface area contributed by atoms with E-state index in [1.54, 1.807) is 0 Å². The Morgan fingerprint density at radius 2 is 1.89 bits per heavy atom. The number of benzene rings is 1. The lowest BCUT2D eigenvalue weighted by Crippen LogP contribution is -2.04. The monoisotopic (exact) mass is 241 g/mol.